The van der Waals surface area contributed by atoms with Crippen LogP contribution >= 0.6 is 0 Å². The van der Waals surface area contributed by atoms with Crippen molar-refractivity contribution in [1.82, 2.24) is 5.32 Å². The third-order valence-corrected chi connectivity index (χ3v) is 2.05. The molecule has 0 bridgehead atoms. The standard InChI is InChI=1S/C8H17NO2/c1-2-8(10)7-6-11-5-3-4-9-7/h7-10H,2-6H2,1H3/t7?,8-/m0/s1. The fourth-order valence-corrected chi connectivity index (χ4v) is 1.26. The molecule has 1 heterocycles. The molecular formula is C8H17NO2. The summed E-state index contributed by atoms with van der Waals surface area (Å²) in [7, 11) is 0. The van der Waals surface area contributed by atoms with Gasteiger partial charge in [0.15, 0.2) is 0 Å². The van der Waals surface area contributed by atoms with Gasteiger partial charge in [0, 0.05) is 6.61 Å². The van der Waals surface area contributed by atoms with Crippen molar-refractivity contribution in [3.8, 4) is 0 Å². The van der Waals surface area contributed by atoms with Crippen LogP contribution in [0, 0.1) is 0 Å². The molecule has 0 saturated carbocycles. The Kier molecular flexibility index (Phi) is 3.83. The molecule has 3 heteroatoms. The molecule has 1 aliphatic heterocycles. The predicted octanol–water partition coefficient (Wildman–Crippen LogP) is 0.136. The van der Waals surface area contributed by atoms with E-state index in [0.717, 1.165) is 26.0 Å². The van der Waals surface area contributed by atoms with Crippen molar-refractivity contribution < 1.29 is 9.84 Å². The number of ether oxygens (including phenoxy) is 1. The molecule has 0 amide bonds. The van der Waals surface area contributed by atoms with Crippen LogP contribution in [0.25, 0.3) is 0 Å². The predicted molar refractivity (Wildman–Crippen MR) is 43.5 cm³/mol. The van der Waals surface area contributed by atoms with E-state index in [9.17, 15) is 5.11 Å². The van der Waals surface area contributed by atoms with Gasteiger partial charge in [0.05, 0.1) is 18.8 Å². The van der Waals surface area contributed by atoms with Gasteiger partial charge in [0.1, 0.15) is 0 Å². The van der Waals surface area contributed by atoms with Crippen LogP contribution in [0.1, 0.15) is 19.8 Å². The number of rotatable bonds is 2. The Labute approximate surface area is 67.7 Å². The fourth-order valence-electron chi connectivity index (χ4n) is 1.26. The molecule has 0 aromatic rings. The smallest absolute Gasteiger partial charge is 0.0713 e. The SMILES string of the molecule is CC[C@H](O)C1COCCCN1. The Balaban J connectivity index is 2.30. The van der Waals surface area contributed by atoms with Crippen LogP contribution in [-0.2, 0) is 4.74 Å². The van der Waals surface area contributed by atoms with E-state index in [2.05, 4.69) is 5.32 Å². The maximum absolute atomic E-state index is 9.47. The second-order valence-corrected chi connectivity index (χ2v) is 2.96. The van der Waals surface area contributed by atoms with Crippen molar-refractivity contribution in [2.45, 2.75) is 31.9 Å². The number of hydrogen-bond acceptors (Lipinski definition) is 3. The van der Waals surface area contributed by atoms with Crippen LogP contribution in [0.4, 0.5) is 0 Å². The van der Waals surface area contributed by atoms with Gasteiger partial charge in [-0.1, -0.05) is 6.92 Å². The minimum atomic E-state index is -0.256. The molecule has 1 aliphatic rings. The lowest BCUT2D eigenvalue weighted by molar-refractivity contribution is 0.0631. The lowest BCUT2D eigenvalue weighted by Crippen LogP contribution is -2.41. The highest BCUT2D eigenvalue weighted by Crippen LogP contribution is 2.02. The van der Waals surface area contributed by atoms with Gasteiger partial charge in [-0.15, -0.1) is 0 Å². The minimum absolute atomic E-state index is 0.141. The van der Waals surface area contributed by atoms with E-state index in [1.54, 1.807) is 0 Å². The molecule has 0 radical (unpaired) electrons. The van der Waals surface area contributed by atoms with Gasteiger partial charge in [-0.2, -0.15) is 0 Å². The first-order valence-corrected chi connectivity index (χ1v) is 4.33. The van der Waals surface area contributed by atoms with Gasteiger partial charge in [-0.3, -0.25) is 0 Å². The molecule has 66 valence electrons. The highest BCUT2D eigenvalue weighted by molar-refractivity contribution is 4.75. The average molecular weight is 159 g/mol. The molecule has 1 fully saturated rings. The zero-order valence-electron chi connectivity index (χ0n) is 7.05. The molecule has 0 spiro atoms. The van der Waals surface area contributed by atoms with Gasteiger partial charge in [0.25, 0.3) is 0 Å². The highest BCUT2D eigenvalue weighted by Gasteiger charge is 2.18. The Morgan fingerprint density at radius 1 is 1.73 bits per heavy atom. The van der Waals surface area contributed by atoms with Crippen LogP contribution in [-0.4, -0.2) is 37.0 Å². The number of aliphatic hydroxyl groups is 1. The molecule has 0 aromatic heterocycles. The second kappa shape index (κ2) is 4.70. The van der Waals surface area contributed by atoms with E-state index in [1.807, 2.05) is 6.92 Å². The Hall–Kier alpha value is -0.120. The molecular weight excluding hydrogens is 142 g/mol. The van der Waals surface area contributed by atoms with Crippen molar-refractivity contribution in [2.75, 3.05) is 19.8 Å². The van der Waals surface area contributed by atoms with E-state index < -0.39 is 0 Å². The Bertz CT molecular complexity index is 100. The van der Waals surface area contributed by atoms with Crippen molar-refractivity contribution in [3.05, 3.63) is 0 Å². The summed E-state index contributed by atoms with van der Waals surface area (Å²) in [5, 5.41) is 12.7. The van der Waals surface area contributed by atoms with E-state index >= 15 is 0 Å². The molecule has 2 atom stereocenters. The third kappa shape index (κ3) is 2.77. The Morgan fingerprint density at radius 3 is 3.27 bits per heavy atom. The van der Waals surface area contributed by atoms with Crippen LogP contribution in [0.2, 0.25) is 0 Å². The topological polar surface area (TPSA) is 41.5 Å². The molecule has 1 unspecified atom stereocenters. The maximum atomic E-state index is 9.47. The fraction of sp³-hybridized carbons (Fsp3) is 1.00. The van der Waals surface area contributed by atoms with Crippen LogP contribution < -0.4 is 5.32 Å². The van der Waals surface area contributed by atoms with Gasteiger partial charge >= 0.3 is 0 Å². The van der Waals surface area contributed by atoms with Gasteiger partial charge in [0.2, 0.25) is 0 Å². The van der Waals surface area contributed by atoms with Gasteiger partial charge in [-0.05, 0) is 19.4 Å². The van der Waals surface area contributed by atoms with E-state index in [4.69, 9.17) is 4.74 Å². The quantitative estimate of drug-likeness (QED) is 0.602. The maximum Gasteiger partial charge on any atom is 0.0713 e. The summed E-state index contributed by atoms with van der Waals surface area (Å²) in [6.07, 6.45) is 1.58. The molecule has 11 heavy (non-hydrogen) atoms. The summed E-state index contributed by atoms with van der Waals surface area (Å²) >= 11 is 0. The Morgan fingerprint density at radius 2 is 2.55 bits per heavy atom. The number of aliphatic hydroxyl groups excluding tert-OH is 1. The summed E-state index contributed by atoms with van der Waals surface area (Å²) in [5.74, 6) is 0. The largest absolute Gasteiger partial charge is 0.391 e. The van der Waals surface area contributed by atoms with Crippen molar-refractivity contribution in [3.63, 3.8) is 0 Å². The number of nitrogens with one attached hydrogen (secondary N) is 1. The van der Waals surface area contributed by atoms with Gasteiger partial charge in [-0.25, -0.2) is 0 Å². The summed E-state index contributed by atoms with van der Waals surface area (Å²) in [5.41, 5.74) is 0. The van der Waals surface area contributed by atoms with Crippen LogP contribution in [0.15, 0.2) is 0 Å². The first-order valence-electron chi connectivity index (χ1n) is 4.33. The minimum Gasteiger partial charge on any atom is -0.391 e. The van der Waals surface area contributed by atoms with E-state index in [0.29, 0.717) is 6.61 Å². The van der Waals surface area contributed by atoms with Gasteiger partial charge < -0.3 is 15.2 Å². The lowest BCUT2D eigenvalue weighted by Gasteiger charge is -2.20. The van der Waals surface area contributed by atoms with Crippen LogP contribution in [0.3, 0.4) is 0 Å². The first kappa shape index (κ1) is 8.97. The van der Waals surface area contributed by atoms with Crippen LogP contribution in [0.5, 0.6) is 0 Å². The molecule has 0 aliphatic carbocycles. The molecule has 1 rings (SSSR count). The third-order valence-electron chi connectivity index (χ3n) is 2.05. The monoisotopic (exact) mass is 159 g/mol. The summed E-state index contributed by atoms with van der Waals surface area (Å²) in [6.45, 7) is 4.41. The second-order valence-electron chi connectivity index (χ2n) is 2.96. The van der Waals surface area contributed by atoms with Crippen molar-refractivity contribution in [2.24, 2.45) is 0 Å². The summed E-state index contributed by atoms with van der Waals surface area (Å²) < 4.78 is 5.31. The lowest BCUT2D eigenvalue weighted by atomic mass is 10.1. The van der Waals surface area contributed by atoms with Crippen molar-refractivity contribution in [1.29, 1.82) is 0 Å². The average Bonchev–Trinajstić information content (AvgIpc) is 2.30. The zero-order chi connectivity index (χ0) is 8.10. The normalized spacial score (nSPS) is 29.5. The van der Waals surface area contributed by atoms with E-state index in [-0.39, 0.29) is 12.1 Å². The number of hydrogen-bond donors (Lipinski definition) is 2. The van der Waals surface area contributed by atoms with Crippen molar-refractivity contribution >= 4 is 0 Å². The molecule has 1 saturated heterocycles. The summed E-state index contributed by atoms with van der Waals surface area (Å²) in [6, 6.07) is 0.141. The summed E-state index contributed by atoms with van der Waals surface area (Å²) in [4.78, 5) is 0. The molecule has 2 N–H and O–H groups in total. The highest BCUT2D eigenvalue weighted by atomic mass is 16.5. The first-order chi connectivity index (χ1) is 5.34. The molecule has 3 nitrogen and oxygen atoms in total. The molecule has 0 aromatic carbocycles. The van der Waals surface area contributed by atoms with E-state index in [1.165, 1.54) is 0 Å². The zero-order valence-corrected chi connectivity index (χ0v) is 7.05.